The molecule has 0 aliphatic rings. The summed E-state index contributed by atoms with van der Waals surface area (Å²) in [6.45, 7) is 0. The van der Waals surface area contributed by atoms with Crippen molar-refractivity contribution in [3.05, 3.63) is 36.1 Å². The Labute approximate surface area is 131 Å². The van der Waals surface area contributed by atoms with Gasteiger partial charge < -0.3 is 15.1 Å². The molecule has 1 atom stereocenters. The number of thioether (sulfide) groups is 1. The highest BCUT2D eigenvalue weighted by atomic mass is 32.2. The number of hydrogen-bond donors (Lipinski definition) is 1. The van der Waals surface area contributed by atoms with Crippen LogP contribution in [-0.4, -0.2) is 30.0 Å². The van der Waals surface area contributed by atoms with Gasteiger partial charge in [-0.3, -0.25) is 0 Å². The number of hydrogen-bond acceptors (Lipinski definition) is 7. The van der Waals surface area contributed by atoms with Gasteiger partial charge in [0.1, 0.15) is 11.3 Å². The third-order valence-electron chi connectivity index (χ3n) is 2.97. The van der Waals surface area contributed by atoms with E-state index in [1.54, 1.807) is 23.1 Å². The molecule has 0 bridgehead atoms. The molecule has 5 nitrogen and oxygen atoms in total. The van der Waals surface area contributed by atoms with E-state index in [0.29, 0.717) is 5.75 Å². The first kappa shape index (κ1) is 14.4. The maximum Gasteiger partial charge on any atom is 0.208 e. The lowest BCUT2D eigenvalue weighted by Gasteiger charge is -2.06. The molecule has 0 saturated carbocycles. The van der Waals surface area contributed by atoms with E-state index in [1.807, 2.05) is 49.3 Å². The molecule has 0 fully saturated rings. The fraction of sp³-hybridized carbons (Fsp3) is 0.286. The Morgan fingerprint density at radius 2 is 2.14 bits per heavy atom. The lowest BCUT2D eigenvalue weighted by atomic mass is 10.2. The summed E-state index contributed by atoms with van der Waals surface area (Å²) in [5.74, 6) is 1.52. The Morgan fingerprint density at radius 3 is 2.86 bits per heavy atom. The van der Waals surface area contributed by atoms with Gasteiger partial charge in [-0.2, -0.15) is 0 Å². The fourth-order valence-corrected chi connectivity index (χ4v) is 3.62. The molecule has 2 heterocycles. The topological polar surface area (TPSA) is 68.2 Å². The molecule has 110 valence electrons. The molecule has 0 amide bonds. The van der Waals surface area contributed by atoms with Gasteiger partial charge in [-0.25, -0.2) is 0 Å². The highest BCUT2D eigenvalue weighted by molar-refractivity contribution is 8.01. The summed E-state index contributed by atoms with van der Waals surface area (Å²) in [5.41, 5.74) is 7.08. The minimum absolute atomic E-state index is 0.158. The van der Waals surface area contributed by atoms with Crippen molar-refractivity contribution in [2.45, 2.75) is 10.4 Å². The Kier molecular flexibility index (Phi) is 4.14. The molecule has 1 aromatic carbocycles. The number of benzene rings is 1. The number of rotatable bonds is 5. The van der Waals surface area contributed by atoms with Gasteiger partial charge in [0.15, 0.2) is 4.34 Å². The van der Waals surface area contributed by atoms with E-state index in [9.17, 15) is 0 Å². The smallest absolute Gasteiger partial charge is 0.208 e. The molecular weight excluding hydrogens is 304 g/mol. The SMILES string of the molecule is CN(C)c1nnc(SCC(N)c2cc3ccccc3o2)s1. The summed E-state index contributed by atoms with van der Waals surface area (Å²) >= 11 is 3.17. The second-order valence-corrected chi connectivity index (χ2v) is 7.07. The molecular formula is C14H16N4OS2. The van der Waals surface area contributed by atoms with Crippen molar-refractivity contribution in [1.82, 2.24) is 10.2 Å². The van der Waals surface area contributed by atoms with E-state index in [4.69, 9.17) is 10.2 Å². The van der Waals surface area contributed by atoms with Crippen LogP contribution >= 0.6 is 23.1 Å². The van der Waals surface area contributed by atoms with Crippen LogP contribution in [0.2, 0.25) is 0 Å². The molecule has 7 heteroatoms. The van der Waals surface area contributed by atoms with Gasteiger partial charge in [0.25, 0.3) is 0 Å². The quantitative estimate of drug-likeness (QED) is 0.728. The van der Waals surface area contributed by atoms with Crippen LogP contribution in [0.15, 0.2) is 39.1 Å². The van der Waals surface area contributed by atoms with Gasteiger partial charge in [-0.05, 0) is 12.1 Å². The zero-order valence-corrected chi connectivity index (χ0v) is 13.4. The summed E-state index contributed by atoms with van der Waals surface area (Å²) in [4.78, 5) is 1.95. The Morgan fingerprint density at radius 1 is 1.33 bits per heavy atom. The zero-order chi connectivity index (χ0) is 14.8. The Bertz CT molecular complexity index is 704. The van der Waals surface area contributed by atoms with E-state index in [1.165, 1.54) is 0 Å². The number of para-hydroxylation sites is 1. The molecule has 0 saturated heterocycles. The minimum Gasteiger partial charge on any atom is -0.459 e. The van der Waals surface area contributed by atoms with Crippen LogP contribution in [0.4, 0.5) is 5.13 Å². The summed E-state index contributed by atoms with van der Waals surface area (Å²) < 4.78 is 6.70. The van der Waals surface area contributed by atoms with Gasteiger partial charge in [-0.15, -0.1) is 10.2 Å². The maximum atomic E-state index is 6.20. The zero-order valence-electron chi connectivity index (χ0n) is 11.8. The third-order valence-corrected chi connectivity index (χ3v) is 5.32. The van der Waals surface area contributed by atoms with Crippen molar-refractivity contribution >= 4 is 39.2 Å². The number of fused-ring (bicyclic) bond motifs is 1. The van der Waals surface area contributed by atoms with E-state index in [2.05, 4.69) is 10.2 Å². The van der Waals surface area contributed by atoms with Crippen molar-refractivity contribution in [3.63, 3.8) is 0 Å². The standard InChI is InChI=1S/C14H16N4OS2/c1-18(2)13-16-17-14(21-13)20-8-10(15)12-7-9-5-3-4-6-11(9)19-12/h3-7,10H,8,15H2,1-2H3. The van der Waals surface area contributed by atoms with Gasteiger partial charge >= 0.3 is 0 Å². The molecule has 3 aromatic rings. The molecule has 2 N–H and O–H groups in total. The van der Waals surface area contributed by atoms with Crippen molar-refractivity contribution < 1.29 is 4.42 Å². The molecule has 0 spiro atoms. The summed E-state index contributed by atoms with van der Waals surface area (Å²) in [7, 11) is 3.91. The van der Waals surface area contributed by atoms with Gasteiger partial charge in [0.2, 0.25) is 5.13 Å². The van der Waals surface area contributed by atoms with Crippen LogP contribution < -0.4 is 10.6 Å². The number of nitrogens with two attached hydrogens (primary N) is 1. The van der Waals surface area contributed by atoms with Crippen LogP contribution in [0, 0.1) is 0 Å². The minimum atomic E-state index is -0.158. The monoisotopic (exact) mass is 320 g/mol. The van der Waals surface area contributed by atoms with Gasteiger partial charge in [0.05, 0.1) is 6.04 Å². The predicted octanol–water partition coefficient (Wildman–Crippen LogP) is 3.14. The first-order valence-electron chi connectivity index (χ1n) is 6.51. The van der Waals surface area contributed by atoms with Gasteiger partial charge in [0, 0.05) is 25.2 Å². The van der Waals surface area contributed by atoms with E-state index in [0.717, 1.165) is 26.2 Å². The Balaban J connectivity index is 1.66. The van der Waals surface area contributed by atoms with Crippen molar-refractivity contribution in [2.24, 2.45) is 5.73 Å². The van der Waals surface area contributed by atoms with Crippen LogP contribution in [0.3, 0.4) is 0 Å². The molecule has 2 aromatic heterocycles. The van der Waals surface area contributed by atoms with Crippen molar-refractivity contribution in [1.29, 1.82) is 0 Å². The first-order valence-corrected chi connectivity index (χ1v) is 8.31. The molecule has 0 aliphatic heterocycles. The number of aromatic nitrogens is 2. The highest BCUT2D eigenvalue weighted by Crippen LogP contribution is 2.30. The van der Waals surface area contributed by atoms with Crippen LogP contribution in [-0.2, 0) is 0 Å². The van der Waals surface area contributed by atoms with Crippen LogP contribution in [0.5, 0.6) is 0 Å². The maximum absolute atomic E-state index is 6.20. The predicted molar refractivity (Wildman–Crippen MR) is 88.1 cm³/mol. The normalized spacial score (nSPS) is 12.7. The first-order chi connectivity index (χ1) is 10.1. The summed E-state index contributed by atoms with van der Waals surface area (Å²) in [6, 6.07) is 9.77. The second kappa shape index (κ2) is 6.05. The molecule has 0 aliphatic carbocycles. The van der Waals surface area contributed by atoms with E-state index >= 15 is 0 Å². The number of nitrogens with zero attached hydrogens (tertiary/aromatic N) is 3. The van der Waals surface area contributed by atoms with Gasteiger partial charge in [-0.1, -0.05) is 41.3 Å². The highest BCUT2D eigenvalue weighted by Gasteiger charge is 2.14. The van der Waals surface area contributed by atoms with Crippen LogP contribution in [0.25, 0.3) is 11.0 Å². The molecule has 1 unspecified atom stereocenters. The van der Waals surface area contributed by atoms with Crippen molar-refractivity contribution in [3.8, 4) is 0 Å². The largest absolute Gasteiger partial charge is 0.459 e. The lowest BCUT2D eigenvalue weighted by Crippen LogP contribution is -2.11. The third kappa shape index (κ3) is 3.20. The second-order valence-electron chi connectivity index (χ2n) is 4.85. The number of anilines is 1. The molecule has 3 rings (SSSR count). The average molecular weight is 320 g/mol. The van der Waals surface area contributed by atoms with E-state index < -0.39 is 0 Å². The summed E-state index contributed by atoms with van der Waals surface area (Å²) in [6.07, 6.45) is 0. The average Bonchev–Trinajstić information content (AvgIpc) is 3.11. The van der Waals surface area contributed by atoms with E-state index in [-0.39, 0.29) is 6.04 Å². The number of furan rings is 1. The fourth-order valence-electron chi connectivity index (χ4n) is 1.87. The van der Waals surface area contributed by atoms with Crippen LogP contribution in [0.1, 0.15) is 11.8 Å². The lowest BCUT2D eigenvalue weighted by molar-refractivity contribution is 0.516. The summed E-state index contributed by atoms with van der Waals surface area (Å²) in [5, 5.41) is 10.2. The van der Waals surface area contributed by atoms with Crippen molar-refractivity contribution in [2.75, 3.05) is 24.7 Å². The molecule has 0 radical (unpaired) electrons. The molecule has 21 heavy (non-hydrogen) atoms. The Hall–Kier alpha value is -1.57.